The molecule has 0 aromatic carbocycles. The summed E-state index contributed by atoms with van der Waals surface area (Å²) in [6.45, 7) is 2.50. The van der Waals surface area contributed by atoms with Gasteiger partial charge < -0.3 is 10.6 Å². The largest absolute Gasteiger partial charge is 0.325 e. The van der Waals surface area contributed by atoms with E-state index in [4.69, 9.17) is 5.73 Å². The molecule has 0 spiro atoms. The SMILES string of the molecule is CN(CCC1(N)CCC1)CC1CCCCC1. The van der Waals surface area contributed by atoms with Gasteiger partial charge in [0.2, 0.25) is 0 Å². The van der Waals surface area contributed by atoms with Crippen molar-refractivity contribution in [1.82, 2.24) is 4.90 Å². The van der Waals surface area contributed by atoms with Crippen LogP contribution in [0.1, 0.15) is 57.8 Å². The zero-order valence-corrected chi connectivity index (χ0v) is 10.9. The maximum Gasteiger partial charge on any atom is 0.0166 e. The Morgan fingerprint density at radius 2 is 1.81 bits per heavy atom. The third-order valence-corrected chi connectivity index (χ3v) is 4.64. The second-order valence-corrected chi connectivity index (χ2v) is 6.23. The zero-order valence-electron chi connectivity index (χ0n) is 10.9. The quantitative estimate of drug-likeness (QED) is 0.778. The van der Waals surface area contributed by atoms with E-state index in [1.54, 1.807) is 0 Å². The van der Waals surface area contributed by atoms with Crippen LogP contribution in [-0.2, 0) is 0 Å². The van der Waals surface area contributed by atoms with Crippen LogP contribution in [0.2, 0.25) is 0 Å². The number of nitrogens with two attached hydrogens (primary N) is 1. The van der Waals surface area contributed by atoms with Crippen LogP contribution < -0.4 is 5.73 Å². The average molecular weight is 224 g/mol. The molecule has 0 atom stereocenters. The van der Waals surface area contributed by atoms with Gasteiger partial charge in [0.25, 0.3) is 0 Å². The van der Waals surface area contributed by atoms with E-state index in [1.165, 1.54) is 70.9 Å². The molecule has 0 heterocycles. The fraction of sp³-hybridized carbons (Fsp3) is 1.00. The van der Waals surface area contributed by atoms with Gasteiger partial charge in [0.1, 0.15) is 0 Å². The van der Waals surface area contributed by atoms with E-state index in [0.29, 0.717) is 0 Å². The fourth-order valence-electron chi connectivity index (χ4n) is 3.20. The molecule has 2 saturated carbocycles. The molecule has 0 aromatic rings. The van der Waals surface area contributed by atoms with Crippen molar-refractivity contribution in [2.75, 3.05) is 20.1 Å². The predicted octanol–water partition coefficient (Wildman–Crippen LogP) is 2.77. The third-order valence-electron chi connectivity index (χ3n) is 4.64. The topological polar surface area (TPSA) is 29.3 Å². The Labute approximate surface area is 101 Å². The first-order valence-corrected chi connectivity index (χ1v) is 7.15. The molecule has 0 unspecified atom stereocenters. The summed E-state index contributed by atoms with van der Waals surface area (Å²) < 4.78 is 0. The van der Waals surface area contributed by atoms with Crippen molar-refractivity contribution in [3.8, 4) is 0 Å². The Balaban J connectivity index is 1.61. The molecule has 0 bridgehead atoms. The molecule has 2 aliphatic rings. The Hall–Kier alpha value is -0.0800. The molecule has 0 saturated heterocycles. The van der Waals surface area contributed by atoms with E-state index in [9.17, 15) is 0 Å². The van der Waals surface area contributed by atoms with Gasteiger partial charge in [-0.1, -0.05) is 19.3 Å². The second kappa shape index (κ2) is 5.50. The average Bonchev–Trinajstić information content (AvgIpc) is 2.25. The Morgan fingerprint density at radius 1 is 1.12 bits per heavy atom. The molecule has 0 aromatic heterocycles. The van der Waals surface area contributed by atoms with Gasteiger partial charge in [-0.3, -0.25) is 0 Å². The Bertz CT molecular complexity index is 205. The number of rotatable bonds is 5. The van der Waals surface area contributed by atoms with Gasteiger partial charge >= 0.3 is 0 Å². The minimum Gasteiger partial charge on any atom is -0.325 e. The number of hydrogen-bond donors (Lipinski definition) is 1. The van der Waals surface area contributed by atoms with Gasteiger partial charge in [0, 0.05) is 12.1 Å². The van der Waals surface area contributed by atoms with Crippen molar-refractivity contribution in [3.63, 3.8) is 0 Å². The summed E-state index contributed by atoms with van der Waals surface area (Å²) in [6, 6.07) is 0. The van der Waals surface area contributed by atoms with Crippen LogP contribution in [0.15, 0.2) is 0 Å². The summed E-state index contributed by atoms with van der Waals surface area (Å²) in [6.07, 6.45) is 12.4. The molecule has 2 heteroatoms. The molecule has 2 N–H and O–H groups in total. The molecule has 2 rings (SSSR count). The standard InChI is InChI=1S/C14H28N2/c1-16(11-10-14(15)8-5-9-14)12-13-6-3-2-4-7-13/h13H,2-12,15H2,1H3. The van der Waals surface area contributed by atoms with Gasteiger partial charge in [-0.25, -0.2) is 0 Å². The van der Waals surface area contributed by atoms with E-state index in [-0.39, 0.29) is 5.54 Å². The summed E-state index contributed by atoms with van der Waals surface area (Å²) in [5.74, 6) is 0.967. The lowest BCUT2D eigenvalue weighted by atomic mass is 9.75. The highest BCUT2D eigenvalue weighted by Crippen LogP contribution is 2.32. The van der Waals surface area contributed by atoms with Crippen LogP contribution >= 0.6 is 0 Å². The first-order valence-electron chi connectivity index (χ1n) is 7.15. The number of hydrogen-bond acceptors (Lipinski definition) is 2. The molecule has 2 nitrogen and oxygen atoms in total. The van der Waals surface area contributed by atoms with E-state index in [1.807, 2.05) is 0 Å². The highest BCUT2D eigenvalue weighted by molar-refractivity contribution is 4.92. The maximum atomic E-state index is 6.26. The number of nitrogens with zero attached hydrogens (tertiary/aromatic N) is 1. The van der Waals surface area contributed by atoms with Gasteiger partial charge in [-0.2, -0.15) is 0 Å². The highest BCUT2D eigenvalue weighted by Gasteiger charge is 2.32. The summed E-state index contributed by atoms with van der Waals surface area (Å²) >= 11 is 0. The predicted molar refractivity (Wildman–Crippen MR) is 69.5 cm³/mol. The Morgan fingerprint density at radius 3 is 2.38 bits per heavy atom. The highest BCUT2D eigenvalue weighted by atomic mass is 15.1. The lowest BCUT2D eigenvalue weighted by molar-refractivity contribution is 0.175. The first-order chi connectivity index (χ1) is 7.68. The summed E-state index contributed by atoms with van der Waals surface area (Å²) in [5.41, 5.74) is 6.47. The van der Waals surface area contributed by atoms with Crippen molar-refractivity contribution in [3.05, 3.63) is 0 Å². The van der Waals surface area contributed by atoms with Gasteiger partial charge in [-0.15, -0.1) is 0 Å². The molecule has 2 fully saturated rings. The van der Waals surface area contributed by atoms with Gasteiger partial charge in [0.15, 0.2) is 0 Å². The van der Waals surface area contributed by atoms with Crippen LogP contribution in [0.5, 0.6) is 0 Å². The summed E-state index contributed by atoms with van der Waals surface area (Å²) in [4.78, 5) is 2.52. The molecular formula is C14H28N2. The van der Waals surface area contributed by atoms with Crippen molar-refractivity contribution < 1.29 is 0 Å². The van der Waals surface area contributed by atoms with E-state index in [0.717, 1.165) is 5.92 Å². The molecule has 0 aliphatic heterocycles. The molecule has 2 aliphatic carbocycles. The molecule has 16 heavy (non-hydrogen) atoms. The van der Waals surface area contributed by atoms with Crippen LogP contribution in [0.3, 0.4) is 0 Å². The van der Waals surface area contributed by atoms with Crippen LogP contribution in [0.4, 0.5) is 0 Å². The van der Waals surface area contributed by atoms with Crippen molar-refractivity contribution in [2.24, 2.45) is 11.7 Å². The van der Waals surface area contributed by atoms with Gasteiger partial charge in [0.05, 0.1) is 0 Å². The Kier molecular flexibility index (Phi) is 4.26. The van der Waals surface area contributed by atoms with E-state index in [2.05, 4.69) is 11.9 Å². The smallest absolute Gasteiger partial charge is 0.0166 e. The fourth-order valence-corrected chi connectivity index (χ4v) is 3.20. The van der Waals surface area contributed by atoms with E-state index >= 15 is 0 Å². The molecule has 0 amide bonds. The van der Waals surface area contributed by atoms with Crippen LogP contribution in [0.25, 0.3) is 0 Å². The summed E-state index contributed by atoms with van der Waals surface area (Å²) in [5, 5.41) is 0. The third kappa shape index (κ3) is 3.46. The van der Waals surface area contributed by atoms with Crippen LogP contribution in [-0.4, -0.2) is 30.6 Å². The van der Waals surface area contributed by atoms with E-state index < -0.39 is 0 Å². The minimum atomic E-state index is 0.209. The van der Waals surface area contributed by atoms with Crippen LogP contribution in [0, 0.1) is 5.92 Å². The van der Waals surface area contributed by atoms with Crippen molar-refractivity contribution >= 4 is 0 Å². The molecule has 0 radical (unpaired) electrons. The first kappa shape index (κ1) is 12.4. The lowest BCUT2D eigenvalue weighted by Crippen LogP contribution is -2.48. The van der Waals surface area contributed by atoms with Crippen molar-refractivity contribution in [1.29, 1.82) is 0 Å². The van der Waals surface area contributed by atoms with Gasteiger partial charge in [-0.05, 0) is 58.0 Å². The second-order valence-electron chi connectivity index (χ2n) is 6.23. The molecule has 94 valence electrons. The maximum absolute atomic E-state index is 6.26. The monoisotopic (exact) mass is 224 g/mol. The zero-order chi connectivity index (χ0) is 11.4. The molecular weight excluding hydrogens is 196 g/mol. The lowest BCUT2D eigenvalue weighted by Gasteiger charge is -2.39. The normalized spacial score (nSPS) is 25.7. The minimum absolute atomic E-state index is 0.209. The van der Waals surface area contributed by atoms with Crippen molar-refractivity contribution in [2.45, 2.75) is 63.3 Å². The summed E-state index contributed by atoms with van der Waals surface area (Å²) in [7, 11) is 2.27.